The summed E-state index contributed by atoms with van der Waals surface area (Å²) in [6, 6.07) is 1.94. The summed E-state index contributed by atoms with van der Waals surface area (Å²) in [5.41, 5.74) is 3.54. The first-order valence-corrected chi connectivity index (χ1v) is 10.9. The summed E-state index contributed by atoms with van der Waals surface area (Å²) in [6.07, 6.45) is 1.38. The summed E-state index contributed by atoms with van der Waals surface area (Å²) in [4.78, 5) is 0. The van der Waals surface area contributed by atoms with Crippen LogP contribution in [0.4, 0.5) is 0 Å². The van der Waals surface area contributed by atoms with E-state index >= 15 is 0 Å². The highest BCUT2D eigenvalue weighted by Gasteiger charge is 2.36. The zero-order chi connectivity index (χ0) is 18.5. The molecule has 0 fully saturated rings. The van der Waals surface area contributed by atoms with Crippen LogP contribution < -0.4 is 4.74 Å². The van der Waals surface area contributed by atoms with E-state index < -0.39 is 8.32 Å². The Bertz CT molecular complexity index is 677. The Hall–Kier alpha value is -1.77. The van der Waals surface area contributed by atoms with Gasteiger partial charge in [0.1, 0.15) is 5.75 Å². The van der Waals surface area contributed by atoms with Crippen molar-refractivity contribution >= 4 is 14.5 Å². The lowest BCUT2D eigenvalue weighted by Crippen LogP contribution is -2.40. The standard InChI is InChI=1S/C19H29NO3Si/c1-14-12-16(13-20-21)17(18(22-6)15(14)2)10-9-11-23-24(7,8)19(3,4)5/h12-13,21H,11H2,1-8H3/b20-13+. The van der Waals surface area contributed by atoms with Gasteiger partial charge in [0.25, 0.3) is 0 Å². The van der Waals surface area contributed by atoms with Crippen LogP contribution in [0.25, 0.3) is 0 Å². The molecule has 0 unspecified atom stereocenters. The molecule has 0 bridgehead atoms. The molecular formula is C19H29NO3Si. The number of hydrogen-bond acceptors (Lipinski definition) is 4. The van der Waals surface area contributed by atoms with Gasteiger partial charge >= 0.3 is 0 Å². The van der Waals surface area contributed by atoms with Crippen LogP contribution in [0.2, 0.25) is 18.1 Å². The molecule has 1 aromatic carbocycles. The van der Waals surface area contributed by atoms with Gasteiger partial charge in [0, 0.05) is 5.56 Å². The van der Waals surface area contributed by atoms with Crippen LogP contribution in [0, 0.1) is 25.7 Å². The molecule has 0 amide bonds. The molecule has 24 heavy (non-hydrogen) atoms. The largest absolute Gasteiger partial charge is 0.495 e. The Morgan fingerprint density at radius 1 is 1.29 bits per heavy atom. The first-order chi connectivity index (χ1) is 11.0. The van der Waals surface area contributed by atoms with Gasteiger partial charge in [0.15, 0.2) is 8.32 Å². The number of aryl methyl sites for hydroxylation is 1. The number of benzene rings is 1. The normalized spacial score (nSPS) is 12.2. The lowest BCUT2D eigenvalue weighted by molar-refractivity contribution is 0.322. The third-order valence-electron chi connectivity index (χ3n) is 4.75. The van der Waals surface area contributed by atoms with Crippen LogP contribution in [-0.4, -0.2) is 33.5 Å². The second-order valence-electron chi connectivity index (χ2n) is 7.41. The minimum absolute atomic E-state index is 0.154. The molecule has 0 aliphatic rings. The highest BCUT2D eigenvalue weighted by Crippen LogP contribution is 2.36. The lowest BCUT2D eigenvalue weighted by atomic mass is 9.99. The van der Waals surface area contributed by atoms with Gasteiger partial charge in [0.2, 0.25) is 0 Å². The van der Waals surface area contributed by atoms with E-state index in [-0.39, 0.29) is 5.04 Å². The summed E-state index contributed by atoms with van der Waals surface area (Å²) < 4.78 is 11.6. The van der Waals surface area contributed by atoms with E-state index in [4.69, 9.17) is 14.4 Å². The van der Waals surface area contributed by atoms with Crippen molar-refractivity contribution in [1.29, 1.82) is 0 Å². The summed E-state index contributed by atoms with van der Waals surface area (Å²) >= 11 is 0. The van der Waals surface area contributed by atoms with Gasteiger partial charge in [-0.3, -0.25) is 0 Å². The molecule has 0 saturated carbocycles. The SMILES string of the molecule is COc1c(C)c(C)cc(/C=N/O)c1C#CCO[Si](C)(C)C(C)(C)C. The predicted molar refractivity (Wildman–Crippen MR) is 102 cm³/mol. The molecule has 132 valence electrons. The third-order valence-corrected chi connectivity index (χ3v) is 9.22. The topological polar surface area (TPSA) is 51.0 Å². The van der Waals surface area contributed by atoms with Gasteiger partial charge in [-0.05, 0) is 49.2 Å². The van der Waals surface area contributed by atoms with Crippen LogP contribution in [-0.2, 0) is 4.43 Å². The van der Waals surface area contributed by atoms with Gasteiger partial charge in [-0.1, -0.05) is 37.8 Å². The molecule has 1 N–H and O–H groups in total. The van der Waals surface area contributed by atoms with Gasteiger partial charge in [-0.2, -0.15) is 0 Å². The lowest BCUT2D eigenvalue weighted by Gasteiger charge is -2.35. The Labute approximate surface area is 147 Å². The molecule has 1 aromatic rings. The number of nitrogens with zero attached hydrogens (tertiary/aromatic N) is 1. The van der Waals surface area contributed by atoms with E-state index in [1.54, 1.807) is 7.11 Å². The summed E-state index contributed by atoms with van der Waals surface area (Å²) in [7, 11) is -0.190. The summed E-state index contributed by atoms with van der Waals surface area (Å²) in [6.45, 7) is 15.4. The summed E-state index contributed by atoms with van der Waals surface area (Å²) in [5, 5.41) is 12.2. The Morgan fingerprint density at radius 2 is 1.92 bits per heavy atom. The molecule has 0 aliphatic carbocycles. The Morgan fingerprint density at radius 3 is 2.42 bits per heavy atom. The maximum absolute atomic E-state index is 8.90. The van der Waals surface area contributed by atoms with Crippen molar-refractivity contribution in [3.8, 4) is 17.6 Å². The minimum atomic E-state index is -1.81. The second kappa shape index (κ2) is 7.87. The van der Waals surface area contributed by atoms with Crippen LogP contribution in [0.5, 0.6) is 5.75 Å². The van der Waals surface area contributed by atoms with Gasteiger partial charge in [-0.25, -0.2) is 0 Å². The van der Waals surface area contributed by atoms with Crippen molar-refractivity contribution in [2.75, 3.05) is 13.7 Å². The van der Waals surface area contributed by atoms with Gasteiger partial charge in [0.05, 0.1) is 25.5 Å². The Balaban J connectivity index is 3.14. The molecular weight excluding hydrogens is 318 g/mol. The molecule has 0 spiro atoms. The maximum Gasteiger partial charge on any atom is 0.193 e. The van der Waals surface area contributed by atoms with Crippen molar-refractivity contribution < 1.29 is 14.4 Å². The molecule has 0 aromatic heterocycles. The quantitative estimate of drug-likeness (QED) is 0.287. The average molecular weight is 348 g/mol. The number of methoxy groups -OCH3 is 1. The first-order valence-electron chi connectivity index (χ1n) is 8.03. The zero-order valence-electron chi connectivity index (χ0n) is 16.1. The fourth-order valence-electron chi connectivity index (χ4n) is 2.02. The third kappa shape index (κ3) is 4.62. The molecule has 0 atom stereocenters. The number of hydrogen-bond donors (Lipinski definition) is 1. The average Bonchev–Trinajstić information content (AvgIpc) is 2.47. The minimum Gasteiger partial charge on any atom is -0.495 e. The van der Waals surface area contributed by atoms with Crippen molar-refractivity contribution in [1.82, 2.24) is 0 Å². The van der Waals surface area contributed by atoms with Crippen LogP contribution >= 0.6 is 0 Å². The molecule has 0 radical (unpaired) electrons. The number of oxime groups is 1. The summed E-state index contributed by atoms with van der Waals surface area (Å²) in [5.74, 6) is 6.93. The van der Waals surface area contributed by atoms with E-state index in [2.05, 4.69) is 50.9 Å². The molecule has 5 heteroatoms. The molecule has 4 nitrogen and oxygen atoms in total. The van der Waals surface area contributed by atoms with Gasteiger partial charge < -0.3 is 14.4 Å². The van der Waals surface area contributed by atoms with E-state index in [9.17, 15) is 0 Å². The number of ether oxygens (including phenoxy) is 1. The highest BCUT2D eigenvalue weighted by atomic mass is 28.4. The van der Waals surface area contributed by atoms with Crippen molar-refractivity contribution in [2.24, 2.45) is 5.16 Å². The number of rotatable bonds is 4. The van der Waals surface area contributed by atoms with Crippen molar-refractivity contribution in [3.05, 3.63) is 28.3 Å². The fourth-order valence-corrected chi connectivity index (χ4v) is 2.88. The van der Waals surface area contributed by atoms with Crippen molar-refractivity contribution in [2.45, 2.75) is 52.8 Å². The smallest absolute Gasteiger partial charge is 0.193 e. The van der Waals surface area contributed by atoms with Crippen molar-refractivity contribution in [3.63, 3.8) is 0 Å². The zero-order valence-corrected chi connectivity index (χ0v) is 17.1. The van der Waals surface area contributed by atoms with Crippen LogP contribution in [0.15, 0.2) is 11.2 Å². The molecule has 0 aliphatic heterocycles. The van der Waals surface area contributed by atoms with E-state index in [1.165, 1.54) is 6.21 Å². The maximum atomic E-state index is 8.90. The van der Waals surface area contributed by atoms with E-state index in [0.717, 1.165) is 22.3 Å². The van der Waals surface area contributed by atoms with Crippen LogP contribution in [0.1, 0.15) is 43.0 Å². The van der Waals surface area contributed by atoms with Crippen LogP contribution in [0.3, 0.4) is 0 Å². The highest BCUT2D eigenvalue weighted by molar-refractivity contribution is 6.74. The molecule has 1 rings (SSSR count). The van der Waals surface area contributed by atoms with E-state index in [1.807, 2.05) is 19.9 Å². The Kier molecular flexibility index (Phi) is 6.64. The monoisotopic (exact) mass is 347 g/mol. The molecule has 0 saturated heterocycles. The first kappa shape index (κ1) is 20.3. The predicted octanol–water partition coefficient (Wildman–Crippen LogP) is 4.49. The van der Waals surface area contributed by atoms with E-state index in [0.29, 0.717) is 12.4 Å². The second-order valence-corrected chi connectivity index (χ2v) is 12.2. The van der Waals surface area contributed by atoms with Gasteiger partial charge in [-0.15, -0.1) is 0 Å². The molecule has 0 heterocycles. The fraction of sp³-hybridized carbons (Fsp3) is 0.526.